The number of morpholine rings is 1. The summed E-state index contributed by atoms with van der Waals surface area (Å²) in [5.74, 6) is 0.727. The fourth-order valence-corrected chi connectivity index (χ4v) is 3.46. The van der Waals surface area contributed by atoms with Crippen molar-refractivity contribution in [2.45, 2.75) is 13.3 Å². The van der Waals surface area contributed by atoms with Crippen LogP contribution in [0.4, 0.5) is 5.13 Å². The number of anilines is 1. The van der Waals surface area contributed by atoms with Crippen molar-refractivity contribution < 1.29 is 9.47 Å². The maximum Gasteiger partial charge on any atom is 0.185 e. The van der Waals surface area contributed by atoms with Crippen LogP contribution in [-0.4, -0.2) is 37.9 Å². The minimum absolute atomic E-state index is 0.558. The summed E-state index contributed by atoms with van der Waals surface area (Å²) in [4.78, 5) is 8.27. The molecule has 0 saturated carbocycles. The summed E-state index contributed by atoms with van der Waals surface area (Å²) in [6.07, 6.45) is 0.767. The third kappa shape index (κ3) is 4.01. The highest BCUT2D eigenvalue weighted by molar-refractivity contribution is 7.15. The highest BCUT2D eigenvalue weighted by atomic mass is 32.1. The molecule has 0 unspecified atom stereocenters. The molecular formula is C17H19N3O2S. The van der Waals surface area contributed by atoms with E-state index in [1.165, 1.54) is 4.88 Å². The molecule has 6 heteroatoms. The van der Waals surface area contributed by atoms with Gasteiger partial charge in [0.05, 0.1) is 37.1 Å². The molecule has 1 fully saturated rings. The van der Waals surface area contributed by atoms with E-state index >= 15 is 0 Å². The fraction of sp³-hybridized carbons (Fsp3) is 0.412. The second-order valence-corrected chi connectivity index (χ2v) is 6.52. The molecule has 23 heavy (non-hydrogen) atoms. The van der Waals surface area contributed by atoms with E-state index in [9.17, 15) is 0 Å². The van der Waals surface area contributed by atoms with Crippen LogP contribution in [0.3, 0.4) is 0 Å². The number of nitriles is 1. The molecule has 0 amide bonds. The Morgan fingerprint density at radius 1 is 1.39 bits per heavy atom. The first-order valence-corrected chi connectivity index (χ1v) is 8.50. The van der Waals surface area contributed by atoms with Crippen LogP contribution in [0.1, 0.15) is 16.1 Å². The lowest BCUT2D eigenvalue weighted by Crippen LogP contribution is -2.36. The summed E-state index contributed by atoms with van der Waals surface area (Å²) >= 11 is 1.73. The van der Waals surface area contributed by atoms with E-state index in [-0.39, 0.29) is 0 Å². The van der Waals surface area contributed by atoms with E-state index in [1.807, 2.05) is 12.1 Å². The van der Waals surface area contributed by atoms with Crippen molar-refractivity contribution in [1.82, 2.24) is 4.98 Å². The molecule has 0 N–H and O–H groups in total. The van der Waals surface area contributed by atoms with Crippen molar-refractivity contribution in [3.8, 4) is 11.8 Å². The van der Waals surface area contributed by atoms with Gasteiger partial charge < -0.3 is 14.4 Å². The maximum absolute atomic E-state index is 8.90. The number of thiazole rings is 1. The van der Waals surface area contributed by atoms with Crippen LogP contribution in [0.5, 0.6) is 5.75 Å². The average molecular weight is 329 g/mol. The molecule has 0 aliphatic carbocycles. The summed E-state index contributed by atoms with van der Waals surface area (Å²) in [5, 5.41) is 9.98. The largest absolute Gasteiger partial charge is 0.493 e. The van der Waals surface area contributed by atoms with Crippen LogP contribution in [0.15, 0.2) is 24.3 Å². The van der Waals surface area contributed by atoms with E-state index in [2.05, 4.69) is 17.9 Å². The van der Waals surface area contributed by atoms with Gasteiger partial charge >= 0.3 is 0 Å². The molecule has 5 nitrogen and oxygen atoms in total. The van der Waals surface area contributed by atoms with Crippen LogP contribution in [0.2, 0.25) is 0 Å². The second-order valence-electron chi connectivity index (χ2n) is 5.34. The third-order valence-corrected chi connectivity index (χ3v) is 4.81. The Labute approximate surface area is 140 Å². The van der Waals surface area contributed by atoms with Crippen molar-refractivity contribution in [3.05, 3.63) is 40.4 Å². The number of nitrogens with zero attached hydrogens (tertiary/aromatic N) is 3. The third-order valence-electron chi connectivity index (χ3n) is 3.73. The predicted molar refractivity (Wildman–Crippen MR) is 90.2 cm³/mol. The van der Waals surface area contributed by atoms with Gasteiger partial charge in [0.15, 0.2) is 5.13 Å². The van der Waals surface area contributed by atoms with Crippen molar-refractivity contribution in [2.75, 3.05) is 37.8 Å². The molecule has 1 aromatic heterocycles. The topological polar surface area (TPSA) is 58.4 Å². The van der Waals surface area contributed by atoms with Gasteiger partial charge in [0.1, 0.15) is 5.75 Å². The van der Waals surface area contributed by atoms with Crippen molar-refractivity contribution in [1.29, 1.82) is 5.26 Å². The molecular weight excluding hydrogens is 310 g/mol. The first-order valence-electron chi connectivity index (χ1n) is 7.68. The van der Waals surface area contributed by atoms with Crippen molar-refractivity contribution in [3.63, 3.8) is 0 Å². The summed E-state index contributed by atoms with van der Waals surface area (Å²) in [6.45, 7) is 6.02. The Bertz CT molecular complexity index is 702. The minimum atomic E-state index is 0.558. The normalized spacial score (nSPS) is 14.5. The van der Waals surface area contributed by atoms with Gasteiger partial charge in [0, 0.05) is 24.4 Å². The Morgan fingerprint density at radius 2 is 2.22 bits per heavy atom. The van der Waals surface area contributed by atoms with Crippen LogP contribution in [0.25, 0.3) is 0 Å². The van der Waals surface area contributed by atoms with Gasteiger partial charge in [-0.2, -0.15) is 5.26 Å². The highest BCUT2D eigenvalue weighted by Crippen LogP contribution is 2.26. The Kier molecular flexibility index (Phi) is 5.11. The van der Waals surface area contributed by atoms with Crippen molar-refractivity contribution in [2.24, 2.45) is 0 Å². The number of benzene rings is 1. The minimum Gasteiger partial charge on any atom is -0.493 e. The average Bonchev–Trinajstić information content (AvgIpc) is 2.97. The lowest BCUT2D eigenvalue weighted by atomic mass is 10.2. The van der Waals surface area contributed by atoms with E-state index in [1.54, 1.807) is 23.5 Å². The maximum atomic E-state index is 8.90. The number of aromatic nitrogens is 1. The molecule has 1 aliphatic heterocycles. The molecule has 1 aliphatic rings. The first-order chi connectivity index (χ1) is 11.3. The second kappa shape index (κ2) is 7.44. The zero-order chi connectivity index (χ0) is 16.1. The highest BCUT2D eigenvalue weighted by Gasteiger charge is 2.16. The van der Waals surface area contributed by atoms with E-state index in [0.717, 1.165) is 49.3 Å². The summed E-state index contributed by atoms with van der Waals surface area (Å²) < 4.78 is 11.1. The number of aryl methyl sites for hydroxylation is 1. The Balaban J connectivity index is 1.57. The van der Waals surface area contributed by atoms with Crippen molar-refractivity contribution >= 4 is 16.5 Å². The summed E-state index contributed by atoms with van der Waals surface area (Å²) in [7, 11) is 0. The van der Waals surface area contributed by atoms with Gasteiger partial charge in [-0.1, -0.05) is 6.07 Å². The van der Waals surface area contributed by atoms with E-state index in [0.29, 0.717) is 12.2 Å². The van der Waals surface area contributed by atoms with Crippen LogP contribution >= 0.6 is 11.3 Å². The molecule has 2 aromatic rings. The van der Waals surface area contributed by atoms with Gasteiger partial charge in [0.25, 0.3) is 0 Å². The molecule has 2 heterocycles. The summed E-state index contributed by atoms with van der Waals surface area (Å²) in [6, 6.07) is 9.35. The zero-order valence-electron chi connectivity index (χ0n) is 13.1. The molecule has 120 valence electrons. The van der Waals surface area contributed by atoms with Crippen LogP contribution in [0, 0.1) is 18.3 Å². The Morgan fingerprint density at radius 3 is 3.00 bits per heavy atom. The van der Waals surface area contributed by atoms with Gasteiger partial charge in [0.2, 0.25) is 0 Å². The van der Waals surface area contributed by atoms with Crippen LogP contribution < -0.4 is 9.64 Å². The number of ether oxygens (including phenoxy) is 2. The zero-order valence-corrected chi connectivity index (χ0v) is 13.9. The lowest BCUT2D eigenvalue weighted by Gasteiger charge is -2.26. The predicted octanol–water partition coefficient (Wildman–Crippen LogP) is 2.78. The molecule has 1 saturated heterocycles. The van der Waals surface area contributed by atoms with E-state index in [4.69, 9.17) is 19.7 Å². The molecule has 3 rings (SSSR count). The molecule has 0 spiro atoms. The number of hydrogen-bond acceptors (Lipinski definition) is 6. The Hall–Kier alpha value is -2.10. The fourth-order valence-electron chi connectivity index (χ4n) is 2.46. The number of rotatable bonds is 5. The molecule has 1 aromatic carbocycles. The van der Waals surface area contributed by atoms with Gasteiger partial charge in [-0.05, 0) is 25.1 Å². The van der Waals surface area contributed by atoms with Gasteiger partial charge in [-0.25, -0.2) is 4.98 Å². The molecule has 0 bridgehead atoms. The SMILES string of the molecule is Cc1sc(N2CCOCC2)nc1CCOc1cccc(C#N)c1. The van der Waals surface area contributed by atoms with Crippen LogP contribution in [-0.2, 0) is 11.2 Å². The number of hydrogen-bond donors (Lipinski definition) is 0. The van der Waals surface area contributed by atoms with E-state index < -0.39 is 0 Å². The monoisotopic (exact) mass is 329 g/mol. The smallest absolute Gasteiger partial charge is 0.185 e. The summed E-state index contributed by atoms with van der Waals surface area (Å²) in [5.41, 5.74) is 1.70. The standard InChI is InChI=1S/C17H19N3O2S/c1-13-16(19-17(23-13)20-6-9-21-10-7-20)5-8-22-15-4-2-3-14(11-15)12-18/h2-4,11H,5-10H2,1H3. The molecule has 0 atom stereocenters. The lowest BCUT2D eigenvalue weighted by molar-refractivity contribution is 0.122. The first kappa shape index (κ1) is 15.8. The van der Waals surface area contributed by atoms with Gasteiger partial charge in [-0.3, -0.25) is 0 Å². The molecule has 0 radical (unpaired) electrons. The van der Waals surface area contributed by atoms with Gasteiger partial charge in [-0.15, -0.1) is 11.3 Å². The quantitative estimate of drug-likeness (QED) is 0.844.